The van der Waals surface area contributed by atoms with Crippen molar-refractivity contribution in [1.29, 1.82) is 0 Å². The number of anilines is 2. The summed E-state index contributed by atoms with van der Waals surface area (Å²) in [6.45, 7) is 11.7. The first-order valence-corrected chi connectivity index (χ1v) is 19.9. The molecular weight excluding hydrogens is 681 g/mol. The van der Waals surface area contributed by atoms with E-state index in [1.54, 1.807) is 36.4 Å². The number of benzene rings is 3. The van der Waals surface area contributed by atoms with Gasteiger partial charge in [-0.05, 0) is 92.0 Å². The lowest BCUT2D eigenvalue weighted by Crippen LogP contribution is -2.27. The molecule has 0 radical (unpaired) electrons. The summed E-state index contributed by atoms with van der Waals surface area (Å²) < 4.78 is 17.7. The van der Waals surface area contributed by atoms with Crippen LogP contribution in [0.4, 0.5) is 11.4 Å². The van der Waals surface area contributed by atoms with Gasteiger partial charge >= 0.3 is 5.97 Å². The van der Waals surface area contributed by atoms with E-state index in [-0.39, 0.29) is 53.9 Å². The van der Waals surface area contributed by atoms with Crippen LogP contribution in [0, 0.1) is 35.5 Å². The fourth-order valence-electron chi connectivity index (χ4n) is 7.41. The van der Waals surface area contributed by atoms with E-state index in [2.05, 4.69) is 45.3 Å². The molecule has 290 valence electrons. The van der Waals surface area contributed by atoms with Crippen LogP contribution in [-0.2, 0) is 20.9 Å². The number of ketones is 1. The minimum absolute atomic E-state index is 0.0211. The number of amides is 2. The zero-order valence-corrected chi connectivity index (χ0v) is 32.7. The van der Waals surface area contributed by atoms with Gasteiger partial charge < -0.3 is 24.8 Å². The molecular formula is C45H58N2O7. The topological polar surface area (TPSA) is 120 Å². The first kappa shape index (κ1) is 40.5. The molecule has 3 aromatic rings. The Hall–Kier alpha value is -4.66. The van der Waals surface area contributed by atoms with Crippen molar-refractivity contribution in [2.45, 2.75) is 99.0 Å². The molecule has 0 bridgehead atoms. The third-order valence-corrected chi connectivity index (χ3v) is 10.7. The van der Waals surface area contributed by atoms with Gasteiger partial charge in [-0.15, -0.1) is 0 Å². The van der Waals surface area contributed by atoms with Crippen molar-refractivity contribution in [3.63, 3.8) is 0 Å². The number of hydrogen-bond acceptors (Lipinski definition) is 7. The maximum absolute atomic E-state index is 13.9. The van der Waals surface area contributed by atoms with Gasteiger partial charge in [-0.25, -0.2) is 4.79 Å². The van der Waals surface area contributed by atoms with E-state index in [1.165, 1.54) is 0 Å². The highest BCUT2D eigenvalue weighted by molar-refractivity contribution is 6.01. The summed E-state index contributed by atoms with van der Waals surface area (Å²) in [5.74, 6) is 0.814. The normalized spacial score (nSPS) is 19.5. The number of carbonyl (C=O) groups is 4. The lowest BCUT2D eigenvalue weighted by atomic mass is 9.88. The van der Waals surface area contributed by atoms with Gasteiger partial charge in [-0.3, -0.25) is 14.4 Å². The molecule has 4 atom stereocenters. The van der Waals surface area contributed by atoms with Crippen LogP contribution in [0.3, 0.4) is 0 Å². The second-order valence-corrected chi connectivity index (χ2v) is 16.0. The molecule has 2 saturated carbocycles. The van der Waals surface area contributed by atoms with Gasteiger partial charge in [0.05, 0.1) is 18.8 Å². The van der Waals surface area contributed by atoms with Crippen LogP contribution in [0.1, 0.15) is 119 Å². The summed E-state index contributed by atoms with van der Waals surface area (Å²) in [5.41, 5.74) is 2.60. The molecule has 9 heteroatoms. The zero-order chi connectivity index (χ0) is 38.6. The van der Waals surface area contributed by atoms with Crippen molar-refractivity contribution < 1.29 is 33.4 Å². The quantitative estimate of drug-likeness (QED) is 0.0985. The highest BCUT2D eigenvalue weighted by Crippen LogP contribution is 2.37. The van der Waals surface area contributed by atoms with E-state index in [1.807, 2.05) is 30.3 Å². The monoisotopic (exact) mass is 738 g/mol. The molecule has 0 spiro atoms. The molecule has 0 saturated heterocycles. The van der Waals surface area contributed by atoms with E-state index >= 15 is 0 Å². The Kier molecular flexibility index (Phi) is 14.7. The van der Waals surface area contributed by atoms with E-state index in [9.17, 15) is 19.2 Å². The Morgan fingerprint density at radius 2 is 1.24 bits per heavy atom. The molecule has 9 nitrogen and oxygen atoms in total. The standard InChI is InChI=1S/C45H58N2O7/c1-29(2)17-19-52-38-23-34(21-36(26-38)46-43(49)40-15-9-11-31(40)5)42(48)25-33-14-10-16-41(33)44(50)47-37-22-35(24-39(27-37)53-20-18-30(3)4)45(51)54-28-32-12-7-6-8-13-32/h6-8,12-13,21-24,26-27,29-31,33,40-41H,9-11,14-20,25,28H2,1-5H3,(H,46,49)(H,47,50)/t31-,33+,40-,41-/m0/s1. The fraction of sp³-hybridized carbons (Fsp3) is 0.511. The molecule has 0 aromatic heterocycles. The summed E-state index contributed by atoms with van der Waals surface area (Å²) in [7, 11) is 0. The summed E-state index contributed by atoms with van der Waals surface area (Å²) in [5, 5.41) is 6.10. The van der Waals surface area contributed by atoms with Crippen molar-refractivity contribution in [2.75, 3.05) is 23.8 Å². The average Bonchev–Trinajstić information content (AvgIpc) is 3.79. The Labute approximate surface area is 320 Å². The molecule has 0 unspecified atom stereocenters. The zero-order valence-electron chi connectivity index (χ0n) is 32.7. The van der Waals surface area contributed by atoms with Crippen molar-refractivity contribution >= 4 is 34.9 Å². The molecule has 2 amide bonds. The van der Waals surface area contributed by atoms with Crippen molar-refractivity contribution in [2.24, 2.45) is 35.5 Å². The number of rotatable bonds is 18. The van der Waals surface area contributed by atoms with Crippen molar-refractivity contribution in [3.05, 3.63) is 83.4 Å². The molecule has 0 aliphatic heterocycles. The van der Waals surface area contributed by atoms with E-state index in [4.69, 9.17) is 14.2 Å². The Bertz CT molecular complexity index is 1740. The summed E-state index contributed by atoms with van der Waals surface area (Å²) in [6.07, 6.45) is 7.05. The van der Waals surface area contributed by atoms with Crippen molar-refractivity contribution in [1.82, 2.24) is 0 Å². The van der Waals surface area contributed by atoms with Crippen LogP contribution in [-0.4, -0.2) is 36.8 Å². The smallest absolute Gasteiger partial charge is 0.338 e. The molecule has 0 heterocycles. The number of nitrogens with one attached hydrogen (secondary N) is 2. The molecule has 2 fully saturated rings. The minimum atomic E-state index is -0.517. The predicted molar refractivity (Wildman–Crippen MR) is 212 cm³/mol. The van der Waals surface area contributed by atoms with Crippen LogP contribution in [0.2, 0.25) is 0 Å². The van der Waals surface area contributed by atoms with Gasteiger partial charge in [0.25, 0.3) is 0 Å². The Balaban J connectivity index is 1.28. The second kappa shape index (κ2) is 19.6. The highest BCUT2D eigenvalue weighted by atomic mass is 16.5. The maximum Gasteiger partial charge on any atom is 0.338 e. The van der Waals surface area contributed by atoms with Crippen LogP contribution in [0.25, 0.3) is 0 Å². The van der Waals surface area contributed by atoms with Gasteiger partial charge in [0.2, 0.25) is 11.8 Å². The van der Waals surface area contributed by atoms with Gasteiger partial charge in [0.15, 0.2) is 5.78 Å². The third-order valence-electron chi connectivity index (χ3n) is 10.7. The van der Waals surface area contributed by atoms with Crippen LogP contribution in [0.5, 0.6) is 11.5 Å². The molecule has 2 aliphatic rings. The van der Waals surface area contributed by atoms with Crippen LogP contribution < -0.4 is 20.1 Å². The molecule has 3 aromatic carbocycles. The molecule has 2 N–H and O–H groups in total. The second-order valence-electron chi connectivity index (χ2n) is 16.0. The number of ether oxygens (including phenoxy) is 3. The minimum Gasteiger partial charge on any atom is -0.493 e. The third kappa shape index (κ3) is 11.9. The summed E-state index contributed by atoms with van der Waals surface area (Å²) in [4.78, 5) is 54.1. The van der Waals surface area contributed by atoms with Crippen LogP contribution >= 0.6 is 0 Å². The number of carbonyl (C=O) groups excluding carboxylic acids is 4. The SMILES string of the molecule is CC(C)CCOc1cc(NC(=O)[C@H]2CCC[C@@H]2C)cc(C(=O)C[C@H]2CCC[C@@H]2C(=O)Nc2cc(OCCC(C)C)cc(C(=O)OCc3ccccc3)c2)c1. The van der Waals surface area contributed by atoms with Crippen LogP contribution in [0.15, 0.2) is 66.7 Å². The van der Waals surface area contributed by atoms with Gasteiger partial charge in [-0.2, -0.15) is 0 Å². The van der Waals surface area contributed by atoms with Gasteiger partial charge in [0, 0.05) is 47.3 Å². The Morgan fingerprint density at radius 1 is 0.685 bits per heavy atom. The first-order valence-electron chi connectivity index (χ1n) is 19.9. The fourth-order valence-corrected chi connectivity index (χ4v) is 7.41. The molecule has 2 aliphatic carbocycles. The maximum atomic E-state index is 13.9. The van der Waals surface area contributed by atoms with E-state index in [0.717, 1.165) is 50.5 Å². The summed E-state index contributed by atoms with van der Waals surface area (Å²) >= 11 is 0. The number of Topliss-reactive ketones (excluding diaryl/α,β-unsaturated/α-hetero) is 1. The van der Waals surface area contributed by atoms with Gasteiger partial charge in [-0.1, -0.05) is 77.8 Å². The van der Waals surface area contributed by atoms with E-state index < -0.39 is 5.97 Å². The number of hydrogen-bond donors (Lipinski definition) is 2. The Morgan fingerprint density at radius 3 is 1.83 bits per heavy atom. The first-order chi connectivity index (χ1) is 25.9. The summed E-state index contributed by atoms with van der Waals surface area (Å²) in [6, 6.07) is 19.7. The van der Waals surface area contributed by atoms with Crippen molar-refractivity contribution in [3.8, 4) is 11.5 Å². The lowest BCUT2D eigenvalue weighted by Gasteiger charge is -2.20. The lowest BCUT2D eigenvalue weighted by molar-refractivity contribution is -0.121. The highest BCUT2D eigenvalue weighted by Gasteiger charge is 2.35. The van der Waals surface area contributed by atoms with Gasteiger partial charge in [0.1, 0.15) is 18.1 Å². The average molecular weight is 739 g/mol. The molecule has 54 heavy (non-hydrogen) atoms. The number of esters is 1. The predicted octanol–water partition coefficient (Wildman–Crippen LogP) is 9.90. The molecule has 5 rings (SSSR count). The van der Waals surface area contributed by atoms with E-state index in [0.29, 0.717) is 65.8 Å². The largest absolute Gasteiger partial charge is 0.493 e.